The van der Waals surface area contributed by atoms with E-state index in [0.29, 0.717) is 16.4 Å². The van der Waals surface area contributed by atoms with E-state index in [9.17, 15) is 9.59 Å². The number of hydrogen-bond donors (Lipinski definition) is 2. The molecule has 0 saturated carbocycles. The van der Waals surface area contributed by atoms with Crippen LogP contribution in [0.3, 0.4) is 0 Å². The molecule has 0 bridgehead atoms. The summed E-state index contributed by atoms with van der Waals surface area (Å²) >= 11 is 1.31. The molecule has 32 heavy (non-hydrogen) atoms. The van der Waals surface area contributed by atoms with Gasteiger partial charge in [0.15, 0.2) is 5.13 Å². The van der Waals surface area contributed by atoms with Crippen molar-refractivity contribution in [3.63, 3.8) is 0 Å². The van der Waals surface area contributed by atoms with Gasteiger partial charge in [-0.1, -0.05) is 30.3 Å². The van der Waals surface area contributed by atoms with E-state index in [1.54, 1.807) is 17.5 Å². The lowest BCUT2D eigenvalue weighted by Gasteiger charge is -2.32. The summed E-state index contributed by atoms with van der Waals surface area (Å²) in [4.78, 5) is 33.9. The average Bonchev–Trinajstić information content (AvgIpc) is 3.22. The first-order chi connectivity index (χ1) is 15.5. The first-order valence-electron chi connectivity index (χ1n) is 10.7. The standard InChI is InChI=1S/C24H27N5O2S/c1-28-10-12-29(13-11-28)16-18-6-5-9-20(14-18)25-22(30)15-21-17-32-24(26-21)27-23(31)19-7-3-2-4-8-19/h2-9,14,17H,10-13,15-16H2,1H3,(H,25,30)(H,26,27,31). The topological polar surface area (TPSA) is 77.6 Å². The number of benzene rings is 2. The summed E-state index contributed by atoms with van der Waals surface area (Å²) in [6, 6.07) is 17.0. The first-order valence-corrected chi connectivity index (χ1v) is 11.5. The molecule has 1 saturated heterocycles. The fourth-order valence-corrected chi connectivity index (χ4v) is 4.29. The highest BCUT2D eigenvalue weighted by atomic mass is 32.1. The SMILES string of the molecule is CN1CCN(Cc2cccc(NC(=O)Cc3csc(NC(=O)c4ccccc4)n3)c2)CC1. The van der Waals surface area contributed by atoms with Gasteiger partial charge in [0.25, 0.3) is 5.91 Å². The Hall–Kier alpha value is -3.07. The molecule has 0 spiro atoms. The Morgan fingerprint density at radius 1 is 1.00 bits per heavy atom. The zero-order chi connectivity index (χ0) is 22.3. The molecule has 2 amide bonds. The van der Waals surface area contributed by atoms with Crippen molar-refractivity contribution < 1.29 is 9.59 Å². The van der Waals surface area contributed by atoms with Crippen molar-refractivity contribution in [2.24, 2.45) is 0 Å². The number of carbonyl (C=O) groups is 2. The molecule has 166 valence electrons. The Kier molecular flexibility index (Phi) is 7.26. The van der Waals surface area contributed by atoms with E-state index >= 15 is 0 Å². The van der Waals surface area contributed by atoms with Gasteiger partial charge in [-0.15, -0.1) is 11.3 Å². The van der Waals surface area contributed by atoms with Crippen LogP contribution in [0.4, 0.5) is 10.8 Å². The Morgan fingerprint density at radius 3 is 2.56 bits per heavy atom. The number of likely N-dealkylation sites (N-methyl/N-ethyl adjacent to an activating group) is 1. The van der Waals surface area contributed by atoms with Crippen molar-refractivity contribution in [1.29, 1.82) is 0 Å². The second-order valence-electron chi connectivity index (χ2n) is 7.97. The van der Waals surface area contributed by atoms with Crippen LogP contribution in [0.15, 0.2) is 60.0 Å². The Balaban J connectivity index is 1.29. The van der Waals surface area contributed by atoms with Gasteiger partial charge in [-0.25, -0.2) is 4.98 Å². The molecule has 1 fully saturated rings. The first kappa shape index (κ1) is 22.1. The molecular formula is C24H27N5O2S. The number of piperazine rings is 1. The smallest absolute Gasteiger partial charge is 0.257 e. The average molecular weight is 450 g/mol. The van der Waals surface area contributed by atoms with Crippen molar-refractivity contribution >= 4 is 34.0 Å². The van der Waals surface area contributed by atoms with E-state index in [1.807, 2.05) is 36.4 Å². The number of aromatic nitrogens is 1. The van der Waals surface area contributed by atoms with Crippen LogP contribution in [0.2, 0.25) is 0 Å². The second-order valence-corrected chi connectivity index (χ2v) is 8.83. The number of amides is 2. The number of rotatable bonds is 7. The maximum atomic E-state index is 12.5. The summed E-state index contributed by atoms with van der Waals surface area (Å²) in [6.45, 7) is 5.16. The highest BCUT2D eigenvalue weighted by molar-refractivity contribution is 7.14. The van der Waals surface area contributed by atoms with Crippen molar-refractivity contribution in [3.8, 4) is 0 Å². The number of nitrogens with zero attached hydrogens (tertiary/aromatic N) is 3. The highest BCUT2D eigenvalue weighted by Crippen LogP contribution is 2.18. The lowest BCUT2D eigenvalue weighted by molar-refractivity contribution is -0.115. The highest BCUT2D eigenvalue weighted by Gasteiger charge is 2.15. The largest absolute Gasteiger partial charge is 0.326 e. The molecule has 0 atom stereocenters. The van der Waals surface area contributed by atoms with Crippen LogP contribution in [0.25, 0.3) is 0 Å². The molecule has 3 aromatic rings. The van der Waals surface area contributed by atoms with E-state index in [0.717, 1.165) is 38.4 Å². The number of carbonyl (C=O) groups excluding carboxylic acids is 2. The lowest BCUT2D eigenvalue weighted by atomic mass is 10.1. The lowest BCUT2D eigenvalue weighted by Crippen LogP contribution is -2.43. The Labute approximate surface area is 192 Å². The summed E-state index contributed by atoms with van der Waals surface area (Å²) in [5.41, 5.74) is 3.17. The van der Waals surface area contributed by atoms with E-state index in [1.165, 1.54) is 16.9 Å². The molecule has 1 aliphatic rings. The Morgan fingerprint density at radius 2 is 1.78 bits per heavy atom. The van der Waals surface area contributed by atoms with Gasteiger partial charge in [0.2, 0.25) is 5.91 Å². The third-order valence-corrected chi connectivity index (χ3v) is 6.17. The number of thiazole rings is 1. The maximum absolute atomic E-state index is 12.5. The molecule has 0 radical (unpaired) electrons. The molecule has 2 aromatic carbocycles. The van der Waals surface area contributed by atoms with Crippen LogP contribution in [-0.4, -0.2) is 59.8 Å². The van der Waals surface area contributed by atoms with Crippen LogP contribution >= 0.6 is 11.3 Å². The molecule has 1 aliphatic heterocycles. The van der Waals surface area contributed by atoms with Gasteiger partial charge in [0, 0.05) is 49.4 Å². The van der Waals surface area contributed by atoms with Crippen LogP contribution in [-0.2, 0) is 17.8 Å². The molecule has 0 unspecified atom stereocenters. The van der Waals surface area contributed by atoms with Gasteiger partial charge in [-0.2, -0.15) is 0 Å². The number of anilines is 2. The van der Waals surface area contributed by atoms with Gasteiger partial charge in [0.1, 0.15) is 0 Å². The minimum absolute atomic E-state index is 0.131. The zero-order valence-electron chi connectivity index (χ0n) is 18.1. The minimum Gasteiger partial charge on any atom is -0.326 e. The van der Waals surface area contributed by atoms with Crippen LogP contribution in [0, 0.1) is 0 Å². The van der Waals surface area contributed by atoms with E-state index < -0.39 is 0 Å². The molecule has 1 aromatic heterocycles. The van der Waals surface area contributed by atoms with Crippen molar-refractivity contribution in [2.45, 2.75) is 13.0 Å². The second kappa shape index (κ2) is 10.5. The normalized spacial score (nSPS) is 14.8. The van der Waals surface area contributed by atoms with E-state index in [4.69, 9.17) is 0 Å². The predicted octanol–water partition coefficient (Wildman–Crippen LogP) is 3.32. The maximum Gasteiger partial charge on any atom is 0.257 e. The van der Waals surface area contributed by atoms with Gasteiger partial charge < -0.3 is 10.2 Å². The van der Waals surface area contributed by atoms with Gasteiger partial charge in [0.05, 0.1) is 12.1 Å². The predicted molar refractivity (Wildman–Crippen MR) is 128 cm³/mol. The summed E-state index contributed by atoms with van der Waals surface area (Å²) < 4.78 is 0. The molecule has 0 aliphatic carbocycles. The molecule has 7 nitrogen and oxygen atoms in total. The van der Waals surface area contributed by atoms with Crippen LogP contribution < -0.4 is 10.6 Å². The van der Waals surface area contributed by atoms with Gasteiger partial charge >= 0.3 is 0 Å². The monoisotopic (exact) mass is 449 g/mol. The number of nitrogens with one attached hydrogen (secondary N) is 2. The fraction of sp³-hybridized carbons (Fsp3) is 0.292. The van der Waals surface area contributed by atoms with E-state index in [2.05, 4.69) is 38.5 Å². The van der Waals surface area contributed by atoms with Crippen LogP contribution in [0.5, 0.6) is 0 Å². The summed E-state index contributed by atoms with van der Waals surface area (Å²) in [6.07, 6.45) is 0.153. The Bertz CT molecular complexity index is 1060. The molecular weight excluding hydrogens is 422 g/mol. The fourth-order valence-electron chi connectivity index (χ4n) is 3.59. The van der Waals surface area contributed by atoms with Crippen molar-refractivity contribution in [3.05, 3.63) is 76.8 Å². The third-order valence-electron chi connectivity index (χ3n) is 5.36. The third kappa shape index (κ3) is 6.23. The number of hydrogen-bond acceptors (Lipinski definition) is 6. The van der Waals surface area contributed by atoms with Crippen molar-refractivity contribution in [1.82, 2.24) is 14.8 Å². The quantitative estimate of drug-likeness (QED) is 0.579. The molecule has 2 heterocycles. The van der Waals surface area contributed by atoms with E-state index in [-0.39, 0.29) is 18.2 Å². The minimum atomic E-state index is -0.215. The van der Waals surface area contributed by atoms with Crippen LogP contribution in [0.1, 0.15) is 21.6 Å². The summed E-state index contributed by atoms with van der Waals surface area (Å²) in [5.74, 6) is -0.346. The molecule has 4 rings (SSSR count). The zero-order valence-corrected chi connectivity index (χ0v) is 18.9. The summed E-state index contributed by atoms with van der Waals surface area (Å²) in [7, 11) is 2.15. The van der Waals surface area contributed by atoms with Crippen molar-refractivity contribution in [2.75, 3.05) is 43.9 Å². The summed E-state index contributed by atoms with van der Waals surface area (Å²) in [5, 5.41) is 8.02. The van der Waals surface area contributed by atoms with Gasteiger partial charge in [-0.05, 0) is 36.9 Å². The molecule has 8 heteroatoms. The molecule has 2 N–H and O–H groups in total. The van der Waals surface area contributed by atoms with Gasteiger partial charge in [-0.3, -0.25) is 19.8 Å².